The standard InChI is InChI=1S/C26H21ClN2O5/c1-16-3-9-21(27)13-22(16)29-25(30)20(14-28)11-18-6-10-23(24(12-18)33-2)34-15-17-4-7-19(8-5-17)26(31)32/h3-13H,15H2,1-2H3,(H,29,30)(H,31,32). The Morgan fingerprint density at radius 2 is 1.82 bits per heavy atom. The molecule has 0 heterocycles. The number of anilines is 1. The normalized spacial score (nSPS) is 10.8. The van der Waals surface area contributed by atoms with Gasteiger partial charge in [0.25, 0.3) is 5.91 Å². The summed E-state index contributed by atoms with van der Waals surface area (Å²) in [5.41, 5.74) is 2.81. The number of carbonyl (C=O) groups excluding carboxylic acids is 1. The molecular formula is C26H21ClN2O5. The zero-order chi connectivity index (χ0) is 24.7. The molecule has 0 saturated carbocycles. The maximum atomic E-state index is 12.6. The second-order valence-electron chi connectivity index (χ2n) is 7.28. The Balaban J connectivity index is 1.75. The van der Waals surface area contributed by atoms with Crippen molar-refractivity contribution in [2.75, 3.05) is 12.4 Å². The van der Waals surface area contributed by atoms with Crippen LogP contribution < -0.4 is 14.8 Å². The number of halogens is 1. The van der Waals surface area contributed by atoms with E-state index in [-0.39, 0.29) is 17.7 Å². The molecule has 34 heavy (non-hydrogen) atoms. The minimum Gasteiger partial charge on any atom is -0.493 e. The quantitative estimate of drug-likeness (QED) is 0.329. The number of amides is 1. The van der Waals surface area contributed by atoms with Gasteiger partial charge < -0.3 is 19.9 Å². The fourth-order valence-corrected chi connectivity index (χ4v) is 3.20. The molecule has 1 amide bonds. The first-order valence-electron chi connectivity index (χ1n) is 10.1. The van der Waals surface area contributed by atoms with Gasteiger partial charge in [-0.1, -0.05) is 35.9 Å². The first-order chi connectivity index (χ1) is 16.3. The first-order valence-corrected chi connectivity index (χ1v) is 10.5. The maximum absolute atomic E-state index is 12.6. The van der Waals surface area contributed by atoms with Gasteiger partial charge in [0.1, 0.15) is 18.2 Å². The van der Waals surface area contributed by atoms with Crippen LogP contribution in [0.1, 0.15) is 27.0 Å². The summed E-state index contributed by atoms with van der Waals surface area (Å²) in [6.07, 6.45) is 1.45. The third kappa shape index (κ3) is 6.15. The van der Waals surface area contributed by atoms with Crippen LogP contribution in [0.3, 0.4) is 0 Å². The molecule has 7 nitrogen and oxygen atoms in total. The summed E-state index contributed by atoms with van der Waals surface area (Å²) in [5, 5.41) is 21.7. The monoisotopic (exact) mass is 476 g/mol. The molecule has 0 fully saturated rings. The van der Waals surface area contributed by atoms with Gasteiger partial charge in [-0.2, -0.15) is 5.26 Å². The molecule has 0 aromatic heterocycles. The first kappa shape index (κ1) is 24.4. The number of nitriles is 1. The molecule has 0 atom stereocenters. The van der Waals surface area contributed by atoms with Gasteiger partial charge >= 0.3 is 5.97 Å². The molecule has 0 aliphatic carbocycles. The number of methoxy groups -OCH3 is 1. The molecule has 0 radical (unpaired) electrons. The van der Waals surface area contributed by atoms with Crippen LogP contribution in [0.2, 0.25) is 5.02 Å². The molecule has 3 aromatic rings. The minimum absolute atomic E-state index is 0.0892. The Kier molecular flexibility index (Phi) is 7.91. The van der Waals surface area contributed by atoms with Crippen LogP contribution >= 0.6 is 11.6 Å². The Morgan fingerprint density at radius 1 is 1.09 bits per heavy atom. The van der Waals surface area contributed by atoms with Gasteiger partial charge in [-0.3, -0.25) is 4.79 Å². The van der Waals surface area contributed by atoms with Crippen LogP contribution in [0.5, 0.6) is 11.5 Å². The molecule has 8 heteroatoms. The van der Waals surface area contributed by atoms with Crippen molar-refractivity contribution in [2.24, 2.45) is 0 Å². The van der Waals surface area contributed by atoms with Gasteiger partial charge in [-0.15, -0.1) is 0 Å². The van der Waals surface area contributed by atoms with Crippen molar-refractivity contribution in [3.05, 3.63) is 93.5 Å². The number of carboxylic acids is 1. The zero-order valence-corrected chi connectivity index (χ0v) is 19.2. The lowest BCUT2D eigenvalue weighted by atomic mass is 10.1. The Morgan fingerprint density at radius 3 is 2.47 bits per heavy atom. The number of nitrogens with one attached hydrogen (secondary N) is 1. The van der Waals surface area contributed by atoms with Crippen molar-refractivity contribution in [3.63, 3.8) is 0 Å². The Bertz CT molecular complexity index is 1290. The van der Waals surface area contributed by atoms with Crippen molar-refractivity contribution in [2.45, 2.75) is 13.5 Å². The lowest BCUT2D eigenvalue weighted by Gasteiger charge is -2.12. The number of rotatable bonds is 8. The topological polar surface area (TPSA) is 109 Å². The van der Waals surface area contributed by atoms with E-state index >= 15 is 0 Å². The summed E-state index contributed by atoms with van der Waals surface area (Å²) in [5.74, 6) is -0.679. The van der Waals surface area contributed by atoms with E-state index in [1.807, 2.05) is 13.0 Å². The number of hydrogen-bond acceptors (Lipinski definition) is 5. The second kappa shape index (κ2) is 11.0. The second-order valence-corrected chi connectivity index (χ2v) is 7.72. The van der Waals surface area contributed by atoms with Gasteiger partial charge in [0.15, 0.2) is 11.5 Å². The predicted octanol–water partition coefficient (Wildman–Crippen LogP) is 5.48. The lowest BCUT2D eigenvalue weighted by molar-refractivity contribution is -0.112. The number of carboxylic acid groups (broad SMARTS) is 1. The van der Waals surface area contributed by atoms with E-state index in [9.17, 15) is 14.9 Å². The van der Waals surface area contributed by atoms with Crippen LogP contribution in [-0.2, 0) is 11.4 Å². The molecular weight excluding hydrogens is 456 g/mol. The third-order valence-electron chi connectivity index (χ3n) is 4.91. The van der Waals surface area contributed by atoms with E-state index in [4.69, 9.17) is 26.2 Å². The predicted molar refractivity (Wildman–Crippen MR) is 129 cm³/mol. The molecule has 0 spiro atoms. The van der Waals surface area contributed by atoms with E-state index in [1.165, 1.54) is 25.3 Å². The van der Waals surface area contributed by atoms with Crippen LogP contribution in [0.15, 0.2) is 66.2 Å². The van der Waals surface area contributed by atoms with Crippen LogP contribution in [-0.4, -0.2) is 24.1 Å². The van der Waals surface area contributed by atoms with E-state index in [0.29, 0.717) is 27.8 Å². The zero-order valence-electron chi connectivity index (χ0n) is 18.5. The Hall–Kier alpha value is -4.28. The number of nitrogens with zero attached hydrogens (tertiary/aromatic N) is 1. The number of hydrogen-bond donors (Lipinski definition) is 2. The largest absolute Gasteiger partial charge is 0.493 e. The number of aromatic carboxylic acids is 1. The van der Waals surface area contributed by atoms with Crippen molar-refractivity contribution in [1.82, 2.24) is 0 Å². The summed E-state index contributed by atoms with van der Waals surface area (Å²) in [7, 11) is 1.48. The van der Waals surface area contributed by atoms with Crippen molar-refractivity contribution in [1.29, 1.82) is 5.26 Å². The van der Waals surface area contributed by atoms with Gasteiger partial charge in [-0.05, 0) is 66.1 Å². The highest BCUT2D eigenvalue weighted by molar-refractivity contribution is 6.31. The summed E-state index contributed by atoms with van der Waals surface area (Å²) in [4.78, 5) is 23.6. The Labute approximate surface area is 201 Å². The molecule has 0 aliphatic rings. The van der Waals surface area contributed by atoms with Crippen molar-refractivity contribution >= 4 is 35.2 Å². The van der Waals surface area contributed by atoms with E-state index in [2.05, 4.69) is 5.32 Å². The average molecular weight is 477 g/mol. The molecule has 0 unspecified atom stereocenters. The molecule has 3 aromatic carbocycles. The van der Waals surface area contributed by atoms with Gasteiger partial charge in [-0.25, -0.2) is 4.79 Å². The van der Waals surface area contributed by atoms with Gasteiger partial charge in [0.2, 0.25) is 0 Å². The highest BCUT2D eigenvalue weighted by Crippen LogP contribution is 2.30. The smallest absolute Gasteiger partial charge is 0.335 e. The molecule has 172 valence electrons. The molecule has 0 saturated heterocycles. The number of ether oxygens (including phenoxy) is 2. The average Bonchev–Trinajstić information content (AvgIpc) is 2.83. The molecule has 3 rings (SSSR count). The molecule has 0 bridgehead atoms. The van der Waals surface area contributed by atoms with Gasteiger partial charge in [0, 0.05) is 10.7 Å². The highest BCUT2D eigenvalue weighted by Gasteiger charge is 2.13. The molecule has 0 aliphatic heterocycles. The lowest BCUT2D eigenvalue weighted by Crippen LogP contribution is -2.14. The van der Waals surface area contributed by atoms with E-state index in [0.717, 1.165) is 11.1 Å². The third-order valence-corrected chi connectivity index (χ3v) is 5.14. The van der Waals surface area contributed by atoms with E-state index in [1.54, 1.807) is 48.5 Å². The molecule has 2 N–H and O–H groups in total. The summed E-state index contributed by atoms with van der Waals surface area (Å²) in [6, 6.07) is 18.4. The van der Waals surface area contributed by atoms with Gasteiger partial charge in [0.05, 0.1) is 12.7 Å². The fourth-order valence-electron chi connectivity index (χ4n) is 3.03. The van der Waals surface area contributed by atoms with Crippen molar-refractivity contribution in [3.8, 4) is 17.6 Å². The number of carbonyl (C=O) groups is 2. The van der Waals surface area contributed by atoms with Crippen molar-refractivity contribution < 1.29 is 24.2 Å². The summed E-state index contributed by atoms with van der Waals surface area (Å²) in [6.45, 7) is 2.03. The maximum Gasteiger partial charge on any atom is 0.335 e. The van der Waals surface area contributed by atoms with E-state index < -0.39 is 11.9 Å². The SMILES string of the molecule is COc1cc(C=C(C#N)C(=O)Nc2cc(Cl)ccc2C)ccc1OCc1ccc(C(=O)O)cc1. The van der Waals surface area contributed by atoms with Crippen LogP contribution in [0.4, 0.5) is 5.69 Å². The number of aryl methyl sites for hydroxylation is 1. The summed E-state index contributed by atoms with van der Waals surface area (Å²) >= 11 is 6.00. The fraction of sp³-hybridized carbons (Fsp3) is 0.115. The minimum atomic E-state index is -0.995. The van der Waals surface area contributed by atoms with Crippen LogP contribution in [0, 0.1) is 18.3 Å². The number of benzene rings is 3. The van der Waals surface area contributed by atoms with Crippen LogP contribution in [0.25, 0.3) is 6.08 Å². The highest BCUT2D eigenvalue weighted by atomic mass is 35.5. The summed E-state index contributed by atoms with van der Waals surface area (Å²) < 4.78 is 11.2.